The van der Waals surface area contributed by atoms with Gasteiger partial charge in [0.05, 0.1) is 0 Å². The molecule has 0 heterocycles. The van der Waals surface area contributed by atoms with Gasteiger partial charge in [-0.05, 0) is 13.3 Å². The maximum absolute atomic E-state index is 11.5. The third-order valence-corrected chi connectivity index (χ3v) is 4.88. The van der Waals surface area contributed by atoms with Crippen LogP contribution in [0, 0.1) is 0 Å². The third-order valence-electron chi connectivity index (χ3n) is 1.93. The van der Waals surface area contributed by atoms with Crippen LogP contribution in [0.5, 0.6) is 0 Å². The highest BCUT2D eigenvalue weighted by molar-refractivity contribution is 9.09. The fourth-order valence-electron chi connectivity index (χ4n) is 0.597. The summed E-state index contributed by atoms with van der Waals surface area (Å²) in [7, 11) is -0.314. The van der Waals surface area contributed by atoms with E-state index in [9.17, 15) is 8.42 Å². The predicted molar refractivity (Wildman–Crippen MR) is 58.2 cm³/mol. The lowest BCUT2D eigenvalue weighted by Crippen LogP contribution is -2.50. The first-order valence-corrected chi connectivity index (χ1v) is 6.61. The van der Waals surface area contributed by atoms with Crippen molar-refractivity contribution in [1.29, 1.82) is 0 Å². The Hall–Kier alpha value is 0.350. The van der Waals surface area contributed by atoms with Crippen molar-refractivity contribution in [3.05, 3.63) is 0 Å². The monoisotopic (exact) mass is 272 g/mol. The Morgan fingerprint density at radius 2 is 1.92 bits per heavy atom. The van der Waals surface area contributed by atoms with Gasteiger partial charge in [-0.2, -0.15) is 17.4 Å². The van der Waals surface area contributed by atoms with Crippen LogP contribution in [0.1, 0.15) is 20.3 Å². The Morgan fingerprint density at radius 3 is 2.15 bits per heavy atom. The first-order valence-electron chi connectivity index (χ1n) is 4.05. The van der Waals surface area contributed by atoms with Crippen LogP contribution in [0.2, 0.25) is 0 Å². The van der Waals surface area contributed by atoms with Crippen molar-refractivity contribution in [3.8, 4) is 0 Å². The van der Waals surface area contributed by atoms with Crippen LogP contribution in [0.3, 0.4) is 0 Å². The number of halogens is 1. The van der Waals surface area contributed by atoms with E-state index in [-0.39, 0.29) is 0 Å². The molecule has 0 aromatic heterocycles. The van der Waals surface area contributed by atoms with Gasteiger partial charge in [-0.15, -0.1) is 0 Å². The molecule has 0 aromatic carbocycles. The molecule has 80 valence electrons. The zero-order chi connectivity index (χ0) is 10.7. The Morgan fingerprint density at radius 1 is 1.46 bits per heavy atom. The molecule has 1 N–H and O–H groups in total. The van der Waals surface area contributed by atoms with Gasteiger partial charge in [0, 0.05) is 25.0 Å². The van der Waals surface area contributed by atoms with E-state index in [0.717, 1.165) is 6.42 Å². The van der Waals surface area contributed by atoms with Crippen molar-refractivity contribution in [2.45, 2.75) is 25.8 Å². The molecule has 1 atom stereocenters. The van der Waals surface area contributed by atoms with Crippen molar-refractivity contribution in [1.82, 2.24) is 9.03 Å². The molecule has 0 saturated carbocycles. The van der Waals surface area contributed by atoms with Gasteiger partial charge in [-0.3, -0.25) is 0 Å². The number of rotatable bonds is 5. The van der Waals surface area contributed by atoms with Crippen LogP contribution in [-0.2, 0) is 10.2 Å². The second kappa shape index (κ2) is 4.72. The smallest absolute Gasteiger partial charge is 0.195 e. The highest BCUT2D eigenvalue weighted by Gasteiger charge is 2.27. The number of alkyl halides is 1. The lowest BCUT2D eigenvalue weighted by atomic mass is 10.0. The SMILES string of the molecule is CCC(C)(CBr)NS(=O)(=O)N(C)C. The van der Waals surface area contributed by atoms with E-state index in [4.69, 9.17) is 0 Å². The molecule has 0 bridgehead atoms. The van der Waals surface area contributed by atoms with E-state index in [1.54, 1.807) is 0 Å². The average Bonchev–Trinajstić information content (AvgIpc) is 2.03. The summed E-state index contributed by atoms with van der Waals surface area (Å²) in [5.74, 6) is 0. The van der Waals surface area contributed by atoms with Gasteiger partial charge in [0.25, 0.3) is 10.2 Å². The summed E-state index contributed by atoms with van der Waals surface area (Å²) in [5.41, 5.74) is -0.414. The highest BCUT2D eigenvalue weighted by Crippen LogP contribution is 2.14. The van der Waals surface area contributed by atoms with E-state index >= 15 is 0 Å². The molecule has 0 rings (SSSR count). The van der Waals surface area contributed by atoms with Crippen LogP contribution >= 0.6 is 15.9 Å². The zero-order valence-electron chi connectivity index (χ0n) is 8.46. The van der Waals surface area contributed by atoms with E-state index in [2.05, 4.69) is 20.7 Å². The van der Waals surface area contributed by atoms with Gasteiger partial charge in [-0.1, -0.05) is 22.9 Å². The molecular formula is C7H17BrN2O2S. The Balaban J connectivity index is 4.60. The molecule has 0 aromatic rings. The van der Waals surface area contributed by atoms with Gasteiger partial charge in [0.1, 0.15) is 0 Å². The molecule has 0 radical (unpaired) electrons. The molecule has 4 nitrogen and oxygen atoms in total. The van der Waals surface area contributed by atoms with Gasteiger partial charge in [-0.25, -0.2) is 0 Å². The molecule has 0 aliphatic carbocycles. The Labute approximate surface area is 89.0 Å². The van der Waals surface area contributed by atoms with Crippen molar-refractivity contribution >= 4 is 26.1 Å². The number of nitrogens with one attached hydrogen (secondary N) is 1. The molecular weight excluding hydrogens is 256 g/mol. The minimum absolute atomic E-state index is 0.414. The Bertz CT molecular complexity index is 247. The van der Waals surface area contributed by atoms with Crippen LogP contribution in [0.25, 0.3) is 0 Å². The fraction of sp³-hybridized carbons (Fsp3) is 1.00. The molecule has 6 heteroatoms. The van der Waals surface area contributed by atoms with Crippen LogP contribution in [0.4, 0.5) is 0 Å². The van der Waals surface area contributed by atoms with Gasteiger partial charge < -0.3 is 0 Å². The first-order chi connectivity index (χ1) is 5.77. The predicted octanol–water partition coefficient (Wildman–Crippen LogP) is 0.946. The highest BCUT2D eigenvalue weighted by atomic mass is 79.9. The van der Waals surface area contributed by atoms with Crippen molar-refractivity contribution in [2.24, 2.45) is 0 Å². The molecule has 1 unspecified atom stereocenters. The second-order valence-electron chi connectivity index (χ2n) is 3.44. The largest absolute Gasteiger partial charge is 0.279 e. The standard InChI is InChI=1S/C7H17BrN2O2S/c1-5-7(2,6-8)9-13(11,12)10(3)4/h9H,5-6H2,1-4H3. The first kappa shape index (κ1) is 13.4. The van der Waals surface area contributed by atoms with Crippen molar-refractivity contribution in [3.63, 3.8) is 0 Å². The summed E-state index contributed by atoms with van der Waals surface area (Å²) < 4.78 is 26.7. The summed E-state index contributed by atoms with van der Waals surface area (Å²) in [6, 6.07) is 0. The molecule has 0 amide bonds. The molecule has 0 spiro atoms. The number of nitrogens with zero attached hydrogens (tertiary/aromatic N) is 1. The average molecular weight is 273 g/mol. The van der Waals surface area contributed by atoms with E-state index in [1.807, 2.05) is 13.8 Å². The van der Waals surface area contributed by atoms with Crippen LogP contribution in [-0.4, -0.2) is 37.7 Å². The minimum atomic E-state index is -3.33. The minimum Gasteiger partial charge on any atom is -0.195 e. The summed E-state index contributed by atoms with van der Waals surface area (Å²) in [6.07, 6.45) is 0.741. The third kappa shape index (κ3) is 3.93. The van der Waals surface area contributed by atoms with E-state index < -0.39 is 15.7 Å². The molecule has 0 aliphatic heterocycles. The van der Waals surface area contributed by atoms with E-state index in [0.29, 0.717) is 5.33 Å². The normalized spacial score (nSPS) is 17.4. The van der Waals surface area contributed by atoms with Crippen molar-refractivity contribution < 1.29 is 8.42 Å². The summed E-state index contributed by atoms with van der Waals surface area (Å²) in [4.78, 5) is 0. The Kier molecular flexibility index (Phi) is 4.85. The van der Waals surface area contributed by atoms with E-state index in [1.165, 1.54) is 18.4 Å². The number of hydrogen-bond donors (Lipinski definition) is 1. The van der Waals surface area contributed by atoms with Gasteiger partial charge >= 0.3 is 0 Å². The van der Waals surface area contributed by atoms with Gasteiger partial charge in [0.2, 0.25) is 0 Å². The molecule has 0 aliphatic rings. The summed E-state index contributed by atoms with van der Waals surface area (Å²) >= 11 is 3.29. The van der Waals surface area contributed by atoms with Crippen LogP contribution in [0.15, 0.2) is 0 Å². The topological polar surface area (TPSA) is 49.4 Å². The molecule has 0 saturated heterocycles. The van der Waals surface area contributed by atoms with Crippen LogP contribution < -0.4 is 4.72 Å². The zero-order valence-corrected chi connectivity index (χ0v) is 10.9. The fourth-order valence-corrected chi connectivity index (χ4v) is 2.34. The summed E-state index contributed by atoms with van der Waals surface area (Å²) in [6.45, 7) is 3.81. The lowest BCUT2D eigenvalue weighted by Gasteiger charge is -2.28. The second-order valence-corrected chi connectivity index (χ2v) is 5.88. The number of hydrogen-bond acceptors (Lipinski definition) is 2. The maximum atomic E-state index is 11.5. The quantitative estimate of drug-likeness (QED) is 0.758. The molecule has 13 heavy (non-hydrogen) atoms. The maximum Gasteiger partial charge on any atom is 0.279 e. The lowest BCUT2D eigenvalue weighted by molar-refractivity contribution is 0.423. The van der Waals surface area contributed by atoms with Gasteiger partial charge in [0.15, 0.2) is 0 Å². The van der Waals surface area contributed by atoms with Crippen molar-refractivity contribution in [2.75, 3.05) is 19.4 Å². The molecule has 0 fully saturated rings. The summed E-state index contributed by atoms with van der Waals surface area (Å²) in [5, 5.41) is 0.601.